The number of aromatic amines is 1. The molecule has 2 rings (SSSR count). The largest absolute Gasteiger partial charge is 0.484 e. The van der Waals surface area contributed by atoms with E-state index in [1.807, 2.05) is 26.0 Å². The molecule has 1 heterocycles. The van der Waals surface area contributed by atoms with E-state index in [9.17, 15) is 4.79 Å². The van der Waals surface area contributed by atoms with Crippen LogP contribution in [0.1, 0.15) is 16.8 Å². The van der Waals surface area contributed by atoms with E-state index >= 15 is 0 Å². The molecule has 5 heteroatoms. The highest BCUT2D eigenvalue weighted by atomic mass is 16.5. The van der Waals surface area contributed by atoms with Crippen LogP contribution in [0.2, 0.25) is 0 Å². The van der Waals surface area contributed by atoms with Gasteiger partial charge in [-0.3, -0.25) is 4.79 Å². The first-order chi connectivity index (χ1) is 9.13. The molecule has 0 radical (unpaired) electrons. The number of H-pyrrole nitrogens is 1. The lowest BCUT2D eigenvalue weighted by atomic mass is 10.1. The van der Waals surface area contributed by atoms with Crippen molar-refractivity contribution in [3.05, 3.63) is 47.5 Å². The van der Waals surface area contributed by atoms with Gasteiger partial charge in [-0.25, -0.2) is 4.98 Å². The molecule has 0 aliphatic heterocycles. The normalized spacial score (nSPS) is 10.2. The van der Waals surface area contributed by atoms with Crippen molar-refractivity contribution in [1.29, 1.82) is 0 Å². The molecule has 1 aromatic carbocycles. The van der Waals surface area contributed by atoms with Gasteiger partial charge < -0.3 is 15.0 Å². The third-order valence-corrected chi connectivity index (χ3v) is 2.60. The van der Waals surface area contributed by atoms with E-state index in [4.69, 9.17) is 4.74 Å². The predicted molar refractivity (Wildman–Crippen MR) is 71.8 cm³/mol. The van der Waals surface area contributed by atoms with Gasteiger partial charge in [-0.2, -0.15) is 0 Å². The zero-order chi connectivity index (χ0) is 13.7. The maximum Gasteiger partial charge on any atom is 0.258 e. The Balaban J connectivity index is 1.79. The summed E-state index contributed by atoms with van der Waals surface area (Å²) < 4.78 is 5.46. The molecule has 2 N–H and O–H groups in total. The van der Waals surface area contributed by atoms with Crippen LogP contribution in [-0.4, -0.2) is 22.5 Å². The van der Waals surface area contributed by atoms with E-state index < -0.39 is 0 Å². The first-order valence-electron chi connectivity index (χ1n) is 6.08. The van der Waals surface area contributed by atoms with Crippen molar-refractivity contribution in [3.8, 4) is 5.75 Å². The summed E-state index contributed by atoms with van der Waals surface area (Å²) in [4.78, 5) is 18.4. The highest BCUT2D eigenvalue weighted by Gasteiger charge is 2.04. The second-order valence-electron chi connectivity index (χ2n) is 4.47. The average molecular weight is 259 g/mol. The van der Waals surface area contributed by atoms with Crippen molar-refractivity contribution < 1.29 is 9.53 Å². The number of nitrogens with one attached hydrogen (secondary N) is 2. The SMILES string of the molecule is Cc1cc(C)cc(OCC(=O)NCc2cnc[nH]2)c1. The van der Waals surface area contributed by atoms with E-state index in [-0.39, 0.29) is 12.5 Å². The van der Waals surface area contributed by atoms with Crippen molar-refractivity contribution in [3.63, 3.8) is 0 Å². The highest BCUT2D eigenvalue weighted by molar-refractivity contribution is 5.77. The molecule has 0 aliphatic carbocycles. The Kier molecular flexibility index (Phi) is 4.18. The summed E-state index contributed by atoms with van der Waals surface area (Å²) in [6, 6.07) is 5.88. The maximum atomic E-state index is 11.6. The molecule has 0 saturated carbocycles. The van der Waals surface area contributed by atoms with E-state index in [1.165, 1.54) is 0 Å². The number of carbonyl (C=O) groups is 1. The zero-order valence-corrected chi connectivity index (χ0v) is 11.1. The fourth-order valence-electron chi connectivity index (χ4n) is 1.79. The molecule has 0 atom stereocenters. The molecule has 0 saturated heterocycles. The minimum atomic E-state index is -0.159. The van der Waals surface area contributed by atoms with E-state index in [0.29, 0.717) is 12.3 Å². The van der Waals surface area contributed by atoms with Crippen molar-refractivity contribution in [2.24, 2.45) is 0 Å². The second kappa shape index (κ2) is 6.04. The fraction of sp³-hybridized carbons (Fsp3) is 0.286. The smallest absolute Gasteiger partial charge is 0.258 e. The van der Waals surface area contributed by atoms with Crippen LogP contribution in [0, 0.1) is 13.8 Å². The second-order valence-corrected chi connectivity index (χ2v) is 4.47. The van der Waals surface area contributed by atoms with Crippen molar-refractivity contribution >= 4 is 5.91 Å². The minimum Gasteiger partial charge on any atom is -0.484 e. The molecular formula is C14H17N3O2. The first-order valence-corrected chi connectivity index (χ1v) is 6.08. The monoisotopic (exact) mass is 259 g/mol. The Morgan fingerprint density at radius 3 is 2.68 bits per heavy atom. The number of aromatic nitrogens is 2. The van der Waals surface area contributed by atoms with Crippen LogP contribution >= 0.6 is 0 Å². The number of ether oxygens (including phenoxy) is 1. The average Bonchev–Trinajstić information content (AvgIpc) is 2.86. The number of nitrogens with zero attached hydrogens (tertiary/aromatic N) is 1. The lowest BCUT2D eigenvalue weighted by molar-refractivity contribution is -0.123. The van der Waals surface area contributed by atoms with Crippen LogP contribution in [-0.2, 0) is 11.3 Å². The van der Waals surface area contributed by atoms with Crippen molar-refractivity contribution in [2.45, 2.75) is 20.4 Å². The van der Waals surface area contributed by atoms with E-state index in [1.54, 1.807) is 12.5 Å². The van der Waals surface area contributed by atoms with Gasteiger partial charge in [-0.15, -0.1) is 0 Å². The molecule has 0 unspecified atom stereocenters. The summed E-state index contributed by atoms with van der Waals surface area (Å²) in [5, 5.41) is 2.75. The van der Waals surface area contributed by atoms with Gasteiger partial charge >= 0.3 is 0 Å². The van der Waals surface area contributed by atoms with E-state index in [2.05, 4.69) is 21.4 Å². The number of carbonyl (C=O) groups excluding carboxylic acids is 1. The van der Waals surface area contributed by atoms with Crippen LogP contribution in [0.3, 0.4) is 0 Å². The standard InChI is InChI=1S/C14H17N3O2/c1-10-3-11(2)5-13(4-10)19-8-14(18)16-7-12-6-15-9-17-12/h3-6,9H,7-8H2,1-2H3,(H,15,17)(H,16,18). The van der Waals surface area contributed by atoms with Crippen LogP contribution in [0.15, 0.2) is 30.7 Å². The minimum absolute atomic E-state index is 0.0109. The molecule has 100 valence electrons. The molecule has 0 spiro atoms. The van der Waals surface area contributed by atoms with Gasteiger partial charge in [0, 0.05) is 6.20 Å². The Morgan fingerprint density at radius 1 is 1.32 bits per heavy atom. The van der Waals surface area contributed by atoms with E-state index in [0.717, 1.165) is 16.8 Å². The molecule has 0 bridgehead atoms. The molecule has 1 amide bonds. The number of benzene rings is 1. The number of amides is 1. The number of hydrogen-bond donors (Lipinski definition) is 2. The van der Waals surface area contributed by atoms with Crippen molar-refractivity contribution in [2.75, 3.05) is 6.61 Å². The summed E-state index contributed by atoms with van der Waals surface area (Å²) in [5.74, 6) is 0.558. The molecular weight excluding hydrogens is 242 g/mol. The number of imidazole rings is 1. The summed E-state index contributed by atoms with van der Waals surface area (Å²) in [6.45, 7) is 4.43. The van der Waals surface area contributed by atoms with Gasteiger partial charge in [0.2, 0.25) is 0 Å². The van der Waals surface area contributed by atoms with Gasteiger partial charge in [0.05, 0.1) is 18.6 Å². The third-order valence-electron chi connectivity index (χ3n) is 2.60. The van der Waals surface area contributed by atoms with Gasteiger partial charge in [-0.1, -0.05) is 6.07 Å². The first kappa shape index (κ1) is 13.1. The lowest BCUT2D eigenvalue weighted by Crippen LogP contribution is -2.28. The summed E-state index contributed by atoms with van der Waals surface area (Å²) in [5.41, 5.74) is 3.10. The van der Waals surface area contributed by atoms with Crippen LogP contribution in [0.5, 0.6) is 5.75 Å². The van der Waals surface area contributed by atoms with Gasteiger partial charge in [-0.05, 0) is 37.1 Å². The number of aryl methyl sites for hydroxylation is 2. The topological polar surface area (TPSA) is 67.0 Å². The van der Waals surface area contributed by atoms with Gasteiger partial charge in [0.1, 0.15) is 5.75 Å². The maximum absolute atomic E-state index is 11.6. The number of hydrogen-bond acceptors (Lipinski definition) is 3. The Bertz CT molecular complexity index is 530. The van der Waals surface area contributed by atoms with Gasteiger partial charge in [0.15, 0.2) is 6.61 Å². The molecule has 0 aliphatic rings. The lowest BCUT2D eigenvalue weighted by Gasteiger charge is -2.08. The summed E-state index contributed by atoms with van der Waals surface area (Å²) in [7, 11) is 0. The molecule has 19 heavy (non-hydrogen) atoms. The number of rotatable bonds is 5. The molecule has 2 aromatic rings. The fourth-order valence-corrected chi connectivity index (χ4v) is 1.79. The molecule has 0 fully saturated rings. The Labute approximate surface area is 112 Å². The summed E-state index contributed by atoms with van der Waals surface area (Å²) in [6.07, 6.45) is 3.25. The summed E-state index contributed by atoms with van der Waals surface area (Å²) >= 11 is 0. The Morgan fingerprint density at radius 2 is 2.05 bits per heavy atom. The van der Waals surface area contributed by atoms with Gasteiger partial charge in [0.25, 0.3) is 5.91 Å². The highest BCUT2D eigenvalue weighted by Crippen LogP contribution is 2.15. The van der Waals surface area contributed by atoms with Crippen LogP contribution < -0.4 is 10.1 Å². The molecule has 5 nitrogen and oxygen atoms in total. The predicted octanol–water partition coefficient (Wildman–Crippen LogP) is 1.72. The van der Waals surface area contributed by atoms with Crippen LogP contribution in [0.25, 0.3) is 0 Å². The third kappa shape index (κ3) is 4.13. The zero-order valence-electron chi connectivity index (χ0n) is 11.1. The Hall–Kier alpha value is -2.30. The van der Waals surface area contributed by atoms with Crippen LogP contribution in [0.4, 0.5) is 0 Å². The quantitative estimate of drug-likeness (QED) is 0.859. The molecule has 1 aromatic heterocycles. The van der Waals surface area contributed by atoms with Crippen molar-refractivity contribution in [1.82, 2.24) is 15.3 Å².